The molecule has 3 heterocycles. The van der Waals surface area contributed by atoms with Gasteiger partial charge in [0.1, 0.15) is 17.8 Å². The van der Waals surface area contributed by atoms with Crippen molar-refractivity contribution in [1.29, 1.82) is 0 Å². The predicted octanol–water partition coefficient (Wildman–Crippen LogP) is 4.99. The molecule has 0 spiro atoms. The number of hydrogen-bond donors (Lipinski definition) is 4. The van der Waals surface area contributed by atoms with Crippen molar-refractivity contribution in [2.24, 2.45) is 5.92 Å². The third-order valence-corrected chi connectivity index (χ3v) is 12.1. The van der Waals surface area contributed by atoms with Gasteiger partial charge >= 0.3 is 7.12 Å². The number of benzene rings is 3. The molecule has 13 heteroatoms. The molecule has 2 saturated heterocycles. The fourth-order valence-electron chi connectivity index (χ4n) is 8.97. The normalized spacial score (nSPS) is 20.4. The minimum absolute atomic E-state index is 0.00229. The molecule has 296 valence electrons. The van der Waals surface area contributed by atoms with E-state index in [-0.39, 0.29) is 17.9 Å². The Morgan fingerprint density at radius 1 is 0.839 bits per heavy atom. The van der Waals surface area contributed by atoms with Gasteiger partial charge in [0.05, 0.1) is 12.1 Å². The summed E-state index contributed by atoms with van der Waals surface area (Å²) in [7, 11) is -1.77. The van der Waals surface area contributed by atoms with E-state index in [9.17, 15) is 24.4 Å². The second-order valence-corrected chi connectivity index (χ2v) is 16.1. The number of unbranched alkanes of at least 4 members (excludes halogenated alkanes) is 1. The molecule has 1 aromatic heterocycles. The molecule has 3 amide bonds. The molecule has 4 aromatic rings. The van der Waals surface area contributed by atoms with Crippen molar-refractivity contribution >= 4 is 35.6 Å². The van der Waals surface area contributed by atoms with Crippen LogP contribution in [0.2, 0.25) is 0 Å². The molecule has 56 heavy (non-hydrogen) atoms. The quantitative estimate of drug-likeness (QED) is 0.0978. The summed E-state index contributed by atoms with van der Waals surface area (Å²) in [4.78, 5) is 47.0. The Hall–Kier alpha value is -4.59. The summed E-state index contributed by atoms with van der Waals surface area (Å²) >= 11 is 0. The Labute approximate surface area is 330 Å². The minimum Gasteiger partial charge on any atom is -0.426 e. The van der Waals surface area contributed by atoms with Gasteiger partial charge in [0.2, 0.25) is 11.8 Å². The van der Waals surface area contributed by atoms with E-state index in [0.29, 0.717) is 56.7 Å². The molecule has 1 saturated carbocycles. The maximum absolute atomic E-state index is 14.8. The Morgan fingerprint density at radius 3 is 2.34 bits per heavy atom. The molecule has 2 aliphatic heterocycles. The second kappa shape index (κ2) is 19.0. The van der Waals surface area contributed by atoms with Crippen molar-refractivity contribution in [1.82, 2.24) is 35.4 Å². The fraction of sp³-hybridized carbons (Fsp3) is 0.512. The first-order valence-electron chi connectivity index (χ1n) is 20.8. The molecule has 0 radical (unpaired) electrons. The van der Waals surface area contributed by atoms with Crippen LogP contribution in [0.3, 0.4) is 0 Å². The van der Waals surface area contributed by atoms with Crippen LogP contribution in [0.4, 0.5) is 0 Å². The van der Waals surface area contributed by atoms with Crippen LogP contribution in [0.25, 0.3) is 22.0 Å². The number of rotatable bonds is 15. The highest BCUT2D eigenvalue weighted by molar-refractivity contribution is 6.43. The number of nitrogens with zero attached hydrogens (tertiary/aromatic N) is 5. The van der Waals surface area contributed by atoms with Crippen LogP contribution in [0.5, 0.6) is 0 Å². The first-order valence-corrected chi connectivity index (χ1v) is 20.8. The monoisotopic (exact) mass is 761 g/mol. The maximum Gasteiger partial charge on any atom is 0.475 e. The van der Waals surface area contributed by atoms with Gasteiger partial charge in [0, 0.05) is 30.3 Å². The molecular weight excluding hydrogens is 705 g/mol. The van der Waals surface area contributed by atoms with E-state index >= 15 is 0 Å². The zero-order chi connectivity index (χ0) is 38.9. The van der Waals surface area contributed by atoms with Crippen molar-refractivity contribution in [2.45, 2.75) is 114 Å². The van der Waals surface area contributed by atoms with Gasteiger partial charge in [-0.3, -0.25) is 24.0 Å². The van der Waals surface area contributed by atoms with Crippen LogP contribution in [0.15, 0.2) is 79.0 Å². The zero-order valence-corrected chi connectivity index (χ0v) is 32.3. The number of piperidine rings is 1. The van der Waals surface area contributed by atoms with Crippen molar-refractivity contribution in [3.05, 3.63) is 84.6 Å². The maximum atomic E-state index is 14.8. The molecule has 7 rings (SSSR count). The van der Waals surface area contributed by atoms with Crippen LogP contribution in [-0.2, 0) is 16.1 Å². The topological polar surface area (TPSA) is 153 Å². The third-order valence-electron chi connectivity index (χ3n) is 12.1. The summed E-state index contributed by atoms with van der Waals surface area (Å²) in [5.41, 5.74) is 2.26. The summed E-state index contributed by atoms with van der Waals surface area (Å²) in [5, 5.41) is 37.4. The lowest BCUT2D eigenvalue weighted by Gasteiger charge is -2.33. The Balaban J connectivity index is 1.04. The lowest BCUT2D eigenvalue weighted by Crippen LogP contribution is -2.56. The third kappa shape index (κ3) is 10.0. The molecule has 12 nitrogen and oxygen atoms in total. The summed E-state index contributed by atoms with van der Waals surface area (Å²) in [6, 6.07) is 21.7. The average molecular weight is 762 g/mol. The Bertz CT molecular complexity index is 1910. The number of aryl methyl sites for hydroxylation is 1. The second-order valence-electron chi connectivity index (χ2n) is 16.1. The van der Waals surface area contributed by atoms with E-state index in [1.165, 1.54) is 12.8 Å². The van der Waals surface area contributed by atoms with Crippen molar-refractivity contribution in [3.8, 4) is 11.3 Å². The number of fused-ring (bicyclic) bond motifs is 1. The van der Waals surface area contributed by atoms with Crippen molar-refractivity contribution in [2.75, 3.05) is 19.6 Å². The number of aromatic nitrogens is 3. The van der Waals surface area contributed by atoms with Gasteiger partial charge in [-0.2, -0.15) is 0 Å². The number of carbonyl (C=O) groups is 3. The Morgan fingerprint density at radius 2 is 1.57 bits per heavy atom. The number of carbonyl (C=O) groups excluding carboxylic acids is 3. The SMILES string of the molecule is O=C(N[C@H](CC1CCCCC1)C(=O)N1C[C@H](N2CCCCC2)C[C@H]1C(=O)N[C@@H](CCCCn1cc(-c2ccccc2)nn1)B(O)O)c1ccc2ccccc2c1. The number of hydrogen-bond acceptors (Lipinski definition) is 8. The van der Waals surface area contributed by atoms with Crippen LogP contribution in [0, 0.1) is 5.92 Å². The standard InChI is InChI=1S/C43H56BN7O5/c52-41(35-22-21-32-16-8-9-19-34(32)27-35)45-37(26-31-14-4-1-5-15-31)43(54)51-29-36(49-23-11-3-12-24-49)28-39(51)42(53)46-40(44(55)56)20-10-13-25-50-30-38(47-48-50)33-17-6-2-7-18-33/h2,6-9,16-19,21-22,27,30-31,36-37,39-40,55-56H,1,3-5,10-15,20,23-26,28-29H2,(H,45,52)(H,46,53)/t36-,37-,39+,40+/m1/s1. The van der Waals surface area contributed by atoms with E-state index in [4.69, 9.17) is 0 Å². The molecule has 0 unspecified atom stereocenters. The molecule has 1 aliphatic carbocycles. The van der Waals surface area contributed by atoms with E-state index in [1.807, 2.05) is 72.9 Å². The lowest BCUT2D eigenvalue weighted by atomic mass is 9.76. The Kier molecular flexibility index (Phi) is 13.5. The predicted molar refractivity (Wildman–Crippen MR) is 217 cm³/mol. The molecule has 4 atom stereocenters. The number of nitrogens with one attached hydrogen (secondary N) is 2. The van der Waals surface area contributed by atoms with Gasteiger partial charge < -0.3 is 25.6 Å². The first-order chi connectivity index (χ1) is 27.3. The largest absolute Gasteiger partial charge is 0.475 e. The smallest absolute Gasteiger partial charge is 0.426 e. The number of amides is 3. The highest BCUT2D eigenvalue weighted by atomic mass is 16.4. The van der Waals surface area contributed by atoms with E-state index in [1.54, 1.807) is 15.6 Å². The van der Waals surface area contributed by atoms with Crippen LogP contribution < -0.4 is 10.6 Å². The van der Waals surface area contributed by atoms with Crippen molar-refractivity contribution < 1.29 is 24.4 Å². The van der Waals surface area contributed by atoms with E-state index < -0.39 is 31.1 Å². The highest BCUT2D eigenvalue weighted by Crippen LogP contribution is 2.31. The summed E-state index contributed by atoms with van der Waals surface area (Å²) < 4.78 is 1.77. The first kappa shape index (κ1) is 39.6. The lowest BCUT2D eigenvalue weighted by molar-refractivity contribution is -0.140. The molecule has 3 aromatic carbocycles. The molecule has 0 bridgehead atoms. The molecule has 3 aliphatic rings. The van der Waals surface area contributed by atoms with Crippen LogP contribution in [-0.4, -0.2) is 103 Å². The minimum atomic E-state index is -1.77. The summed E-state index contributed by atoms with van der Waals surface area (Å²) in [6.07, 6.45) is 13.2. The van der Waals surface area contributed by atoms with Gasteiger partial charge in [-0.05, 0) is 80.4 Å². The molecule has 3 fully saturated rings. The van der Waals surface area contributed by atoms with Gasteiger partial charge in [0.25, 0.3) is 5.91 Å². The van der Waals surface area contributed by atoms with Gasteiger partial charge in [-0.25, -0.2) is 0 Å². The highest BCUT2D eigenvalue weighted by Gasteiger charge is 2.45. The van der Waals surface area contributed by atoms with Crippen molar-refractivity contribution in [3.63, 3.8) is 0 Å². The number of likely N-dealkylation sites (tertiary alicyclic amines) is 2. The summed E-state index contributed by atoms with van der Waals surface area (Å²) in [6.45, 7) is 2.82. The van der Waals surface area contributed by atoms with Gasteiger partial charge in [-0.15, -0.1) is 5.10 Å². The summed E-state index contributed by atoms with van der Waals surface area (Å²) in [5.74, 6) is -1.54. The fourth-order valence-corrected chi connectivity index (χ4v) is 8.97. The molecular formula is C43H56BN7O5. The van der Waals surface area contributed by atoms with Gasteiger partial charge in [0.15, 0.2) is 0 Å². The molecule has 4 N–H and O–H groups in total. The van der Waals surface area contributed by atoms with Gasteiger partial charge in [-0.1, -0.05) is 111 Å². The van der Waals surface area contributed by atoms with Crippen LogP contribution >= 0.6 is 0 Å². The zero-order valence-electron chi connectivity index (χ0n) is 32.3. The van der Waals surface area contributed by atoms with Crippen LogP contribution in [0.1, 0.15) is 93.8 Å². The van der Waals surface area contributed by atoms with E-state index in [2.05, 4.69) is 25.8 Å². The van der Waals surface area contributed by atoms with E-state index in [0.717, 1.165) is 73.6 Å². The average Bonchev–Trinajstić information content (AvgIpc) is 3.91.